The maximum atomic E-state index is 11.8. The van der Waals surface area contributed by atoms with E-state index in [0.717, 1.165) is 6.20 Å². The summed E-state index contributed by atoms with van der Waals surface area (Å²) in [6.45, 7) is -0.112. The van der Waals surface area contributed by atoms with Gasteiger partial charge in [0, 0.05) is 18.7 Å². The lowest BCUT2D eigenvalue weighted by molar-refractivity contribution is -0.136. The molecular weight excluding hydrogens is 239 g/mol. The number of hydrogen-bond donors (Lipinski definition) is 1. The number of aromatic carboxylic acids is 1. The molecule has 7 heteroatoms. The van der Waals surface area contributed by atoms with E-state index in [4.69, 9.17) is 9.84 Å². The minimum atomic E-state index is -4.19. The molecule has 0 fully saturated rings. The molecule has 1 rings (SSSR count). The van der Waals surface area contributed by atoms with Gasteiger partial charge in [-0.1, -0.05) is 0 Å². The first-order valence-electron chi connectivity index (χ1n) is 4.77. The lowest BCUT2D eigenvalue weighted by Gasteiger charge is -2.07. The molecule has 0 unspecified atom stereocenters. The first kappa shape index (κ1) is 13.3. The minimum Gasteiger partial charge on any atom is -0.478 e. The van der Waals surface area contributed by atoms with Crippen LogP contribution in [0.25, 0.3) is 0 Å². The number of aromatic nitrogens is 1. The summed E-state index contributed by atoms with van der Waals surface area (Å²) in [5.41, 5.74) is -0.00681. The van der Waals surface area contributed by atoms with Gasteiger partial charge in [-0.05, 0) is 12.5 Å². The topological polar surface area (TPSA) is 59.4 Å². The predicted molar refractivity (Wildman–Crippen MR) is 52.0 cm³/mol. The maximum absolute atomic E-state index is 11.8. The summed E-state index contributed by atoms with van der Waals surface area (Å²) in [5, 5.41) is 8.57. The van der Waals surface area contributed by atoms with Crippen molar-refractivity contribution in [2.24, 2.45) is 0 Å². The molecular formula is C10H10F3NO3. The highest BCUT2D eigenvalue weighted by Gasteiger charge is 2.26. The Morgan fingerprint density at radius 1 is 1.41 bits per heavy atom. The van der Waals surface area contributed by atoms with E-state index >= 15 is 0 Å². The van der Waals surface area contributed by atoms with Gasteiger partial charge in [0.25, 0.3) is 0 Å². The molecule has 0 radical (unpaired) electrons. The quantitative estimate of drug-likeness (QED) is 0.814. The largest absolute Gasteiger partial charge is 0.478 e. The Morgan fingerprint density at radius 2 is 2.12 bits per heavy atom. The Morgan fingerprint density at radius 3 is 2.59 bits per heavy atom. The number of carboxylic acid groups (broad SMARTS) is 1. The molecule has 0 atom stereocenters. The Kier molecular flexibility index (Phi) is 4.30. The summed E-state index contributed by atoms with van der Waals surface area (Å²) in [7, 11) is 0. The van der Waals surface area contributed by atoms with Gasteiger partial charge >= 0.3 is 12.1 Å². The zero-order chi connectivity index (χ0) is 12.9. The first-order chi connectivity index (χ1) is 7.88. The number of hydrogen-bond acceptors (Lipinski definition) is 3. The third-order valence-electron chi connectivity index (χ3n) is 1.84. The predicted octanol–water partition coefficient (Wildman–Crippen LogP) is 2.50. The molecule has 0 saturated heterocycles. The van der Waals surface area contributed by atoms with Crippen LogP contribution in [0.5, 0.6) is 5.88 Å². The fraction of sp³-hybridized carbons (Fsp3) is 0.400. The summed E-state index contributed by atoms with van der Waals surface area (Å²) in [6.07, 6.45) is -4.18. The van der Waals surface area contributed by atoms with Crippen molar-refractivity contribution in [2.75, 3.05) is 6.61 Å². The summed E-state index contributed by atoms with van der Waals surface area (Å²) in [6, 6.07) is 2.57. The highest BCUT2D eigenvalue weighted by Crippen LogP contribution is 2.21. The number of ether oxygens (including phenoxy) is 1. The van der Waals surface area contributed by atoms with E-state index in [1.165, 1.54) is 12.1 Å². The Labute approximate surface area is 95.0 Å². The zero-order valence-corrected chi connectivity index (χ0v) is 8.70. The van der Waals surface area contributed by atoms with E-state index in [9.17, 15) is 18.0 Å². The number of halogens is 3. The van der Waals surface area contributed by atoms with Gasteiger partial charge in [-0.2, -0.15) is 13.2 Å². The number of nitrogens with zero attached hydrogens (tertiary/aromatic N) is 1. The van der Waals surface area contributed by atoms with Crippen molar-refractivity contribution < 1.29 is 27.8 Å². The van der Waals surface area contributed by atoms with Gasteiger partial charge < -0.3 is 9.84 Å². The number of carboxylic acids is 1. The average Bonchev–Trinajstić information content (AvgIpc) is 2.24. The van der Waals surface area contributed by atoms with Crippen LogP contribution in [-0.4, -0.2) is 28.8 Å². The molecule has 94 valence electrons. The van der Waals surface area contributed by atoms with Crippen LogP contribution in [0.2, 0.25) is 0 Å². The van der Waals surface area contributed by atoms with Gasteiger partial charge in [0.2, 0.25) is 5.88 Å². The summed E-state index contributed by atoms with van der Waals surface area (Å²) in [5.74, 6) is -1.02. The van der Waals surface area contributed by atoms with Crippen LogP contribution >= 0.6 is 0 Å². The van der Waals surface area contributed by atoms with Crippen molar-refractivity contribution in [1.29, 1.82) is 0 Å². The summed E-state index contributed by atoms with van der Waals surface area (Å²) < 4.78 is 40.3. The first-order valence-corrected chi connectivity index (χ1v) is 4.77. The van der Waals surface area contributed by atoms with Crippen LogP contribution in [0.3, 0.4) is 0 Å². The maximum Gasteiger partial charge on any atom is 0.389 e. The molecule has 0 saturated carbocycles. The SMILES string of the molecule is O=C(O)c1ccc(OCCCC(F)(F)F)nc1. The van der Waals surface area contributed by atoms with E-state index in [1.54, 1.807) is 0 Å². The van der Waals surface area contributed by atoms with Gasteiger partial charge in [0.05, 0.1) is 12.2 Å². The van der Waals surface area contributed by atoms with Crippen LogP contribution in [-0.2, 0) is 0 Å². The third kappa shape index (κ3) is 5.19. The number of alkyl halides is 3. The van der Waals surface area contributed by atoms with E-state index in [2.05, 4.69) is 4.98 Å². The molecule has 17 heavy (non-hydrogen) atoms. The van der Waals surface area contributed by atoms with Gasteiger partial charge in [-0.3, -0.25) is 0 Å². The lowest BCUT2D eigenvalue weighted by Crippen LogP contribution is -2.10. The molecule has 1 aromatic heterocycles. The Balaban J connectivity index is 2.35. The molecule has 1 N–H and O–H groups in total. The van der Waals surface area contributed by atoms with Crippen molar-refractivity contribution in [3.05, 3.63) is 23.9 Å². The fourth-order valence-corrected chi connectivity index (χ4v) is 1.04. The van der Waals surface area contributed by atoms with Crippen LogP contribution in [0, 0.1) is 0 Å². The zero-order valence-electron chi connectivity index (χ0n) is 8.70. The van der Waals surface area contributed by atoms with Crippen molar-refractivity contribution in [3.8, 4) is 5.88 Å². The normalized spacial score (nSPS) is 11.2. The molecule has 4 nitrogen and oxygen atoms in total. The number of pyridine rings is 1. The molecule has 0 spiro atoms. The molecule has 0 amide bonds. The second-order valence-corrected chi connectivity index (χ2v) is 3.26. The molecule has 0 aliphatic rings. The highest BCUT2D eigenvalue weighted by molar-refractivity contribution is 5.87. The molecule has 1 heterocycles. The van der Waals surface area contributed by atoms with E-state index in [-0.39, 0.29) is 24.5 Å². The van der Waals surface area contributed by atoms with Gasteiger partial charge in [0.15, 0.2) is 0 Å². The van der Waals surface area contributed by atoms with E-state index in [1.807, 2.05) is 0 Å². The van der Waals surface area contributed by atoms with Crippen molar-refractivity contribution >= 4 is 5.97 Å². The molecule has 0 aliphatic carbocycles. The van der Waals surface area contributed by atoms with Crippen molar-refractivity contribution in [2.45, 2.75) is 19.0 Å². The van der Waals surface area contributed by atoms with E-state index < -0.39 is 18.6 Å². The molecule has 0 bridgehead atoms. The van der Waals surface area contributed by atoms with Crippen LogP contribution in [0.15, 0.2) is 18.3 Å². The number of rotatable bonds is 5. The highest BCUT2D eigenvalue weighted by atomic mass is 19.4. The van der Waals surface area contributed by atoms with Gasteiger partial charge in [-0.15, -0.1) is 0 Å². The lowest BCUT2D eigenvalue weighted by atomic mass is 10.3. The molecule has 0 aliphatic heterocycles. The number of carbonyl (C=O) groups is 1. The second kappa shape index (κ2) is 5.51. The average molecular weight is 249 g/mol. The Hall–Kier alpha value is -1.79. The summed E-state index contributed by atoms with van der Waals surface area (Å²) in [4.78, 5) is 14.1. The minimum absolute atomic E-state index is 0.00681. The second-order valence-electron chi connectivity index (χ2n) is 3.26. The molecule has 1 aromatic rings. The van der Waals surface area contributed by atoms with Crippen molar-refractivity contribution in [1.82, 2.24) is 4.98 Å². The van der Waals surface area contributed by atoms with E-state index in [0.29, 0.717) is 0 Å². The summed E-state index contributed by atoms with van der Waals surface area (Å²) >= 11 is 0. The molecule has 0 aromatic carbocycles. The standard InChI is InChI=1S/C10H10F3NO3/c11-10(12,13)4-1-5-17-8-3-2-7(6-14-8)9(15)16/h2-3,6H,1,4-5H2,(H,15,16). The van der Waals surface area contributed by atoms with Crippen LogP contribution in [0.4, 0.5) is 13.2 Å². The van der Waals surface area contributed by atoms with Gasteiger partial charge in [-0.25, -0.2) is 9.78 Å². The Bertz CT molecular complexity index is 375. The van der Waals surface area contributed by atoms with Gasteiger partial charge in [0.1, 0.15) is 0 Å². The van der Waals surface area contributed by atoms with Crippen LogP contribution in [0.1, 0.15) is 23.2 Å². The monoisotopic (exact) mass is 249 g/mol. The van der Waals surface area contributed by atoms with Crippen molar-refractivity contribution in [3.63, 3.8) is 0 Å². The third-order valence-corrected chi connectivity index (χ3v) is 1.84. The fourth-order valence-electron chi connectivity index (χ4n) is 1.04. The smallest absolute Gasteiger partial charge is 0.389 e. The van der Waals surface area contributed by atoms with Crippen LogP contribution < -0.4 is 4.74 Å².